The lowest BCUT2D eigenvalue weighted by atomic mass is 10.1. The number of hydrogen-bond acceptors (Lipinski definition) is 12. The number of esters is 2. The predicted molar refractivity (Wildman–Crippen MR) is 151 cm³/mol. The number of benzene rings is 1. The third-order valence-corrected chi connectivity index (χ3v) is 7.36. The van der Waals surface area contributed by atoms with Crippen molar-refractivity contribution in [1.29, 1.82) is 0 Å². The second-order valence-electron chi connectivity index (χ2n) is 10.1. The maximum absolute atomic E-state index is 12.7. The summed E-state index contributed by atoms with van der Waals surface area (Å²) in [6, 6.07) is 10.6. The van der Waals surface area contributed by atoms with Crippen molar-refractivity contribution in [2.24, 2.45) is 5.16 Å². The van der Waals surface area contributed by atoms with Gasteiger partial charge >= 0.3 is 18.0 Å². The number of oxime groups is 1. The molecule has 1 amide bonds. The number of cyclic esters (lactones) is 1. The first-order valence-electron chi connectivity index (χ1n) is 14.2. The fourth-order valence-corrected chi connectivity index (χ4v) is 5.24. The van der Waals surface area contributed by atoms with Gasteiger partial charge in [0.15, 0.2) is 5.84 Å². The van der Waals surface area contributed by atoms with Crippen LogP contribution in [0.25, 0.3) is 0 Å². The molecule has 1 aromatic carbocycles. The minimum Gasteiger partial charge on any atom is -0.466 e. The van der Waals surface area contributed by atoms with E-state index in [1.165, 1.54) is 0 Å². The Labute approximate surface area is 244 Å². The number of amidine groups is 1. The number of ether oxygens (including phenoxy) is 3. The van der Waals surface area contributed by atoms with E-state index in [1.54, 1.807) is 31.1 Å². The fourth-order valence-electron chi connectivity index (χ4n) is 5.24. The van der Waals surface area contributed by atoms with Gasteiger partial charge in [0.2, 0.25) is 6.23 Å². The largest absolute Gasteiger partial charge is 0.466 e. The molecular formula is C29H36N6O7. The molecule has 3 aliphatic heterocycles. The van der Waals surface area contributed by atoms with E-state index in [9.17, 15) is 14.4 Å². The highest BCUT2D eigenvalue weighted by Gasteiger charge is 2.36. The van der Waals surface area contributed by atoms with Gasteiger partial charge < -0.3 is 24.4 Å². The lowest BCUT2D eigenvalue weighted by Gasteiger charge is -2.38. The summed E-state index contributed by atoms with van der Waals surface area (Å²) in [6.07, 6.45) is 2.30. The molecule has 1 aromatic heterocycles. The van der Waals surface area contributed by atoms with E-state index in [2.05, 4.69) is 20.4 Å². The summed E-state index contributed by atoms with van der Waals surface area (Å²) in [4.78, 5) is 52.8. The summed E-state index contributed by atoms with van der Waals surface area (Å²) >= 11 is 0. The highest BCUT2D eigenvalue weighted by Crippen LogP contribution is 2.25. The Kier molecular flexibility index (Phi) is 9.49. The maximum Gasteiger partial charge on any atom is 0.414 e. The molecule has 42 heavy (non-hydrogen) atoms. The van der Waals surface area contributed by atoms with Gasteiger partial charge in [-0.1, -0.05) is 11.2 Å². The summed E-state index contributed by atoms with van der Waals surface area (Å²) in [7, 11) is 0. The smallest absolute Gasteiger partial charge is 0.414 e. The lowest BCUT2D eigenvalue weighted by Crippen LogP contribution is -2.54. The van der Waals surface area contributed by atoms with Gasteiger partial charge in [-0.15, -0.1) is 0 Å². The van der Waals surface area contributed by atoms with E-state index in [4.69, 9.17) is 19.0 Å². The highest BCUT2D eigenvalue weighted by molar-refractivity contribution is 6.00. The number of nitrogens with one attached hydrogen (secondary N) is 1. The van der Waals surface area contributed by atoms with Crippen molar-refractivity contribution in [2.75, 3.05) is 57.4 Å². The average molecular weight is 581 g/mol. The summed E-state index contributed by atoms with van der Waals surface area (Å²) in [5.74, 6) is -0.232. The lowest BCUT2D eigenvalue weighted by molar-refractivity contribution is -0.157. The summed E-state index contributed by atoms with van der Waals surface area (Å²) < 4.78 is 16.0. The molecule has 2 fully saturated rings. The fraction of sp³-hybridized carbons (Fsp3) is 0.483. The SMILES string of the molecule is CCOC(=O)CC(C(=O)OCC)N1CCN(CC2CN(c3ccc(C4=NOC(c5cccnc5)N4)cc3)C(=O)O2)CC1. The Morgan fingerprint density at radius 3 is 2.52 bits per heavy atom. The van der Waals surface area contributed by atoms with Gasteiger partial charge in [-0.25, -0.2) is 4.79 Å². The highest BCUT2D eigenvalue weighted by atomic mass is 16.7. The van der Waals surface area contributed by atoms with Gasteiger partial charge in [-0.2, -0.15) is 0 Å². The molecule has 13 nitrogen and oxygen atoms in total. The van der Waals surface area contributed by atoms with E-state index in [0.29, 0.717) is 45.1 Å². The number of anilines is 1. The van der Waals surface area contributed by atoms with Gasteiger partial charge in [-0.05, 0) is 44.2 Å². The van der Waals surface area contributed by atoms with Gasteiger partial charge in [0.25, 0.3) is 0 Å². The molecule has 3 atom stereocenters. The standard InChI is InChI=1S/C29H36N6O7/c1-3-39-25(36)16-24(28(37)40-4-2)34-14-12-33(13-15-34)18-23-19-35(29(38)41-23)22-9-7-20(8-10-22)26-31-27(42-32-26)21-6-5-11-30-17-21/h5-11,17,23-24,27H,3-4,12-16,18-19H2,1-2H3,(H,31,32). The molecule has 0 radical (unpaired) electrons. The maximum atomic E-state index is 12.7. The van der Waals surface area contributed by atoms with Crippen LogP contribution < -0.4 is 10.2 Å². The molecule has 0 aliphatic carbocycles. The zero-order chi connectivity index (χ0) is 29.5. The molecule has 3 unspecified atom stereocenters. The number of pyridine rings is 1. The average Bonchev–Trinajstić information content (AvgIpc) is 3.64. The van der Waals surface area contributed by atoms with Crippen molar-refractivity contribution in [2.45, 2.75) is 38.6 Å². The van der Waals surface area contributed by atoms with E-state index >= 15 is 0 Å². The Hall–Kier alpha value is -4.23. The molecule has 0 spiro atoms. The van der Waals surface area contributed by atoms with E-state index in [1.807, 2.05) is 41.3 Å². The Balaban J connectivity index is 1.11. The minimum absolute atomic E-state index is 0.0395. The van der Waals surface area contributed by atoms with Gasteiger partial charge in [0.05, 0.1) is 26.2 Å². The first kappa shape index (κ1) is 29.3. The third kappa shape index (κ3) is 6.97. The second kappa shape index (κ2) is 13.6. The van der Waals surface area contributed by atoms with Crippen LogP contribution in [0.5, 0.6) is 0 Å². The van der Waals surface area contributed by atoms with Crippen LogP contribution >= 0.6 is 0 Å². The molecule has 2 aromatic rings. The van der Waals surface area contributed by atoms with Crippen LogP contribution in [0, 0.1) is 0 Å². The molecule has 1 N–H and O–H groups in total. The number of hydrogen-bond donors (Lipinski definition) is 1. The molecule has 0 bridgehead atoms. The number of carbonyl (C=O) groups is 3. The zero-order valence-corrected chi connectivity index (χ0v) is 23.8. The quantitative estimate of drug-likeness (QED) is 0.308. The number of aromatic nitrogens is 1. The number of nitrogens with zero attached hydrogens (tertiary/aromatic N) is 5. The molecular weight excluding hydrogens is 544 g/mol. The molecule has 5 rings (SSSR count). The van der Waals surface area contributed by atoms with Crippen LogP contribution in [0.4, 0.5) is 10.5 Å². The van der Waals surface area contributed by atoms with Crippen LogP contribution in [0.3, 0.4) is 0 Å². The van der Waals surface area contributed by atoms with Gasteiger partial charge in [-0.3, -0.25) is 29.3 Å². The van der Waals surface area contributed by atoms with Crippen LogP contribution in [0.15, 0.2) is 53.9 Å². The number of carbonyl (C=O) groups excluding carboxylic acids is 3. The van der Waals surface area contributed by atoms with Gasteiger partial charge in [0, 0.05) is 61.9 Å². The Morgan fingerprint density at radius 1 is 1.07 bits per heavy atom. The number of rotatable bonds is 11. The summed E-state index contributed by atoms with van der Waals surface area (Å²) in [5.41, 5.74) is 2.43. The van der Waals surface area contributed by atoms with Crippen molar-refractivity contribution in [3.8, 4) is 0 Å². The number of piperazine rings is 1. The minimum atomic E-state index is -0.674. The predicted octanol–water partition coefficient (Wildman–Crippen LogP) is 1.89. The van der Waals surface area contributed by atoms with Crippen molar-refractivity contribution in [1.82, 2.24) is 20.1 Å². The van der Waals surface area contributed by atoms with Crippen LogP contribution in [0.1, 0.15) is 37.6 Å². The van der Waals surface area contributed by atoms with Gasteiger partial charge in [0.1, 0.15) is 12.1 Å². The van der Waals surface area contributed by atoms with Crippen LogP contribution in [-0.4, -0.2) is 103 Å². The molecule has 224 valence electrons. The second-order valence-corrected chi connectivity index (χ2v) is 10.1. The molecule has 13 heteroatoms. The number of amides is 1. The Morgan fingerprint density at radius 2 is 1.83 bits per heavy atom. The third-order valence-electron chi connectivity index (χ3n) is 7.36. The molecule has 2 saturated heterocycles. The molecule has 0 saturated carbocycles. The van der Waals surface area contributed by atoms with E-state index in [-0.39, 0.29) is 31.8 Å². The monoisotopic (exact) mass is 580 g/mol. The van der Waals surface area contributed by atoms with Crippen molar-refractivity contribution >= 4 is 29.6 Å². The van der Waals surface area contributed by atoms with E-state index < -0.39 is 24.2 Å². The summed E-state index contributed by atoms with van der Waals surface area (Å²) in [5, 5.41) is 7.39. The topological polar surface area (TPSA) is 135 Å². The van der Waals surface area contributed by atoms with Crippen molar-refractivity contribution < 1.29 is 33.4 Å². The zero-order valence-electron chi connectivity index (χ0n) is 23.8. The first-order chi connectivity index (χ1) is 20.4. The summed E-state index contributed by atoms with van der Waals surface area (Å²) in [6.45, 7) is 7.48. The van der Waals surface area contributed by atoms with Crippen LogP contribution in [0.2, 0.25) is 0 Å². The van der Waals surface area contributed by atoms with Crippen molar-refractivity contribution in [3.63, 3.8) is 0 Å². The Bertz CT molecular complexity index is 1270. The van der Waals surface area contributed by atoms with E-state index in [0.717, 1.165) is 16.8 Å². The first-order valence-corrected chi connectivity index (χ1v) is 14.2. The van der Waals surface area contributed by atoms with Crippen LogP contribution in [-0.2, 0) is 28.6 Å². The molecule has 4 heterocycles. The van der Waals surface area contributed by atoms with Crippen molar-refractivity contribution in [3.05, 3.63) is 59.9 Å². The normalized spacial score (nSPS) is 21.6. The molecule has 3 aliphatic rings.